The second kappa shape index (κ2) is 36.7. The summed E-state index contributed by atoms with van der Waals surface area (Å²) < 4.78 is 57.6. The molecule has 4 aliphatic rings. The molecule has 1 saturated carbocycles. The molecule has 20 nitrogen and oxygen atoms in total. The maximum absolute atomic E-state index is 14.7. The molecule has 20 heteroatoms. The lowest BCUT2D eigenvalue weighted by Crippen LogP contribution is -2.61. The van der Waals surface area contributed by atoms with Crippen LogP contribution in [0.25, 0.3) is 0 Å². The second-order valence-electron chi connectivity index (χ2n) is 22.6. The Kier molecular flexibility index (Phi) is 31.5. The lowest BCUT2D eigenvalue weighted by Gasteiger charge is -2.40. The SMILES string of the molecule is CCOCCOCCOCCOCCNC(=O)O[C@@H]1CC[C@@H](C[C@@H](C)C2C[C@@H](O)[C@H](C)/C=C(\C)[C@@H](O)[C@@H](OC)C(=O)[C@H](C)C[C@H](C)/C=C/C=C/C=C(\C)[C@@H](OC)C[C@@H]3CCCC(=O)C(O)(O3)C(=O)N3CCCC[C@H]3C(=O)O2)C[C@H]1OC. The van der Waals surface area contributed by atoms with Crippen LogP contribution in [0.5, 0.6) is 0 Å². The van der Waals surface area contributed by atoms with Crippen molar-refractivity contribution in [3.63, 3.8) is 0 Å². The van der Waals surface area contributed by atoms with E-state index in [4.69, 9.17) is 47.4 Å². The average Bonchev–Trinajstić information content (AvgIpc) is 3.75. The molecule has 0 radical (unpaired) electrons. The van der Waals surface area contributed by atoms with Crippen molar-refractivity contribution in [1.29, 1.82) is 0 Å². The highest BCUT2D eigenvalue weighted by Crippen LogP contribution is 2.37. The van der Waals surface area contributed by atoms with Crippen molar-refractivity contribution >= 4 is 29.5 Å². The third-order valence-corrected chi connectivity index (χ3v) is 16.2. The Hall–Kier alpha value is -3.93. The number of esters is 1. The average molecular weight is 1150 g/mol. The van der Waals surface area contributed by atoms with Crippen molar-refractivity contribution < 1.29 is 86.7 Å². The van der Waals surface area contributed by atoms with Crippen LogP contribution < -0.4 is 5.32 Å². The van der Waals surface area contributed by atoms with E-state index in [1.165, 1.54) is 12.0 Å². The standard InChI is InChI=1S/C61H100N2O18/c1-11-75-28-29-77-32-33-78-31-30-76-27-25-62-60(70)80-50-24-23-46(37-53(50)73-9)36-43(5)52-39-49(64)42(4)35-45(7)56(67)57(74-10)55(66)44(6)34-40(2)18-13-12-14-19-41(3)51(72-8)38-47-20-17-22-54(65)61(71,81-47)59(69)63-26-16-15-21-48(63)58(68)79-52/h12-14,18-19,35,40,42-44,46-53,56-57,64,67,71H,11,15-17,20-34,36-39H2,1-10H3,(H,62,70)/b14-12+,18-13+,41-19+,45-35+/t40-,42-,43-,44-,46+,47+,48+,49-,50-,51+,52?,53-,56-,57+,61?/m1/s1. The number of piperidine rings is 1. The highest BCUT2D eigenvalue weighted by atomic mass is 16.6. The third kappa shape index (κ3) is 22.5. The van der Waals surface area contributed by atoms with Crippen LogP contribution >= 0.6 is 0 Å². The highest BCUT2D eigenvalue weighted by molar-refractivity contribution is 6.08. The van der Waals surface area contributed by atoms with E-state index >= 15 is 0 Å². The van der Waals surface area contributed by atoms with Crippen molar-refractivity contribution in [2.75, 3.05) is 87.3 Å². The molecular weight excluding hydrogens is 1050 g/mol. The van der Waals surface area contributed by atoms with E-state index in [1.54, 1.807) is 34.1 Å². The van der Waals surface area contributed by atoms with Gasteiger partial charge in [-0.05, 0) is 114 Å². The number of nitrogens with zero attached hydrogens (tertiary/aromatic N) is 1. The Morgan fingerprint density at radius 1 is 0.790 bits per heavy atom. The third-order valence-electron chi connectivity index (χ3n) is 16.2. The first-order valence-corrected chi connectivity index (χ1v) is 29.7. The number of nitrogens with one attached hydrogen (secondary N) is 1. The number of carbonyl (C=O) groups is 5. The van der Waals surface area contributed by atoms with Gasteiger partial charge in [-0.25, -0.2) is 9.59 Å². The van der Waals surface area contributed by atoms with E-state index < -0.39 is 96.2 Å². The number of cyclic esters (lactones) is 1. The van der Waals surface area contributed by atoms with Crippen LogP contribution in [0, 0.1) is 29.6 Å². The van der Waals surface area contributed by atoms with E-state index in [-0.39, 0.29) is 68.9 Å². The smallest absolute Gasteiger partial charge is 0.407 e. The summed E-state index contributed by atoms with van der Waals surface area (Å²) in [6.45, 7) is 17.0. The molecule has 3 aliphatic heterocycles. The van der Waals surface area contributed by atoms with Crippen molar-refractivity contribution in [3.8, 4) is 0 Å². The topological polar surface area (TPSA) is 254 Å². The molecule has 0 spiro atoms. The Morgan fingerprint density at radius 3 is 2.15 bits per heavy atom. The fourth-order valence-electron chi connectivity index (χ4n) is 11.4. The zero-order valence-corrected chi connectivity index (χ0v) is 50.2. The number of fused-ring (bicyclic) bond motifs is 3. The number of allylic oxidation sites excluding steroid dienone is 5. The number of hydrogen-bond acceptors (Lipinski definition) is 18. The number of ketones is 2. The maximum Gasteiger partial charge on any atom is 0.407 e. The lowest BCUT2D eigenvalue weighted by molar-refractivity contribution is -0.230. The van der Waals surface area contributed by atoms with Gasteiger partial charge in [0.25, 0.3) is 5.91 Å². The first kappa shape index (κ1) is 69.6. The van der Waals surface area contributed by atoms with Gasteiger partial charge in [-0.15, -0.1) is 0 Å². The second-order valence-corrected chi connectivity index (χ2v) is 22.6. The Morgan fingerprint density at radius 2 is 1.48 bits per heavy atom. The zero-order chi connectivity index (χ0) is 59.5. The van der Waals surface area contributed by atoms with Gasteiger partial charge in [0.15, 0.2) is 5.78 Å². The molecule has 2 bridgehead atoms. The predicted octanol–water partition coefficient (Wildman–Crippen LogP) is 6.55. The molecule has 3 heterocycles. The molecule has 0 aromatic heterocycles. The van der Waals surface area contributed by atoms with Gasteiger partial charge in [0, 0.05) is 72.1 Å². The molecule has 2 saturated heterocycles. The molecule has 4 N–H and O–H groups in total. The minimum atomic E-state index is -2.85. The Bertz CT molecular complexity index is 2050. The number of Topliss-reactive ketones (excluding diaryl/α,β-unsaturated/α-hetero) is 2. The quantitative estimate of drug-likeness (QED) is 0.0437. The Balaban J connectivity index is 1.54. The molecule has 2 amide bonds. The van der Waals surface area contributed by atoms with Crippen molar-refractivity contribution in [2.45, 2.75) is 193 Å². The molecule has 0 aromatic rings. The van der Waals surface area contributed by atoms with Crippen LogP contribution in [0.1, 0.15) is 132 Å². The van der Waals surface area contributed by atoms with Crippen molar-refractivity contribution in [1.82, 2.24) is 10.2 Å². The summed E-state index contributed by atoms with van der Waals surface area (Å²) in [5.74, 6) is -7.01. The number of aliphatic hydroxyl groups excluding tert-OH is 2. The fourth-order valence-corrected chi connectivity index (χ4v) is 11.4. The van der Waals surface area contributed by atoms with Crippen molar-refractivity contribution in [3.05, 3.63) is 47.6 Å². The number of rotatable bonds is 20. The summed E-state index contributed by atoms with van der Waals surface area (Å²) in [6, 6.07) is -1.17. The molecule has 3 fully saturated rings. The summed E-state index contributed by atoms with van der Waals surface area (Å²) in [4.78, 5) is 71.1. The maximum atomic E-state index is 14.7. The van der Waals surface area contributed by atoms with Crippen LogP contribution in [0.3, 0.4) is 0 Å². The number of amides is 2. The summed E-state index contributed by atoms with van der Waals surface area (Å²) in [6.07, 6.45) is 8.85. The molecule has 462 valence electrons. The first-order chi connectivity index (χ1) is 38.8. The minimum Gasteiger partial charge on any atom is -0.460 e. The van der Waals surface area contributed by atoms with E-state index in [9.17, 15) is 39.3 Å². The van der Waals surface area contributed by atoms with Crippen LogP contribution in [0.4, 0.5) is 4.79 Å². The molecular formula is C61H100N2O18. The molecule has 15 atom stereocenters. The summed E-state index contributed by atoms with van der Waals surface area (Å²) in [5.41, 5.74) is 1.27. The number of methoxy groups -OCH3 is 3. The molecule has 2 unspecified atom stereocenters. The van der Waals surface area contributed by atoms with Gasteiger partial charge in [-0.2, -0.15) is 0 Å². The summed E-state index contributed by atoms with van der Waals surface area (Å²) in [5, 5.41) is 38.4. The Labute approximate surface area is 481 Å². The number of carbonyl (C=O) groups excluding carboxylic acids is 5. The minimum absolute atomic E-state index is 0.00558. The monoisotopic (exact) mass is 1150 g/mol. The van der Waals surface area contributed by atoms with Gasteiger partial charge < -0.3 is 72.9 Å². The summed E-state index contributed by atoms with van der Waals surface area (Å²) in [7, 11) is 4.52. The van der Waals surface area contributed by atoms with Crippen molar-refractivity contribution in [2.24, 2.45) is 29.6 Å². The van der Waals surface area contributed by atoms with E-state index in [2.05, 4.69) is 5.32 Å². The van der Waals surface area contributed by atoms with E-state index in [0.717, 1.165) is 5.57 Å². The van der Waals surface area contributed by atoms with Gasteiger partial charge in [-0.1, -0.05) is 64.2 Å². The van der Waals surface area contributed by atoms with Crippen LogP contribution in [0.15, 0.2) is 47.6 Å². The van der Waals surface area contributed by atoms with Crippen LogP contribution in [-0.2, 0) is 66.5 Å². The van der Waals surface area contributed by atoms with Gasteiger partial charge in [-0.3, -0.25) is 14.4 Å². The molecule has 4 rings (SSSR count). The molecule has 1 aliphatic carbocycles. The number of ether oxygens (including phenoxy) is 10. The van der Waals surface area contributed by atoms with E-state index in [0.29, 0.717) is 110 Å². The van der Waals surface area contributed by atoms with E-state index in [1.807, 2.05) is 65.0 Å². The van der Waals surface area contributed by atoms with Gasteiger partial charge in [0.1, 0.15) is 30.5 Å². The lowest BCUT2D eigenvalue weighted by atomic mass is 9.78. The largest absolute Gasteiger partial charge is 0.460 e. The number of aliphatic hydroxyl groups is 3. The number of alkyl carbamates (subject to hydrolysis) is 1. The highest BCUT2D eigenvalue weighted by Gasteiger charge is 2.53. The number of hydrogen-bond donors (Lipinski definition) is 4. The molecule has 81 heavy (non-hydrogen) atoms. The van der Waals surface area contributed by atoms with Gasteiger partial charge >= 0.3 is 17.8 Å². The zero-order valence-electron chi connectivity index (χ0n) is 50.2. The van der Waals surface area contributed by atoms with Gasteiger partial charge in [0.05, 0.1) is 70.7 Å². The normalized spacial score (nSPS) is 34.6. The molecule has 0 aromatic carbocycles. The predicted molar refractivity (Wildman–Crippen MR) is 303 cm³/mol. The summed E-state index contributed by atoms with van der Waals surface area (Å²) >= 11 is 0. The van der Waals surface area contributed by atoms with Gasteiger partial charge in [0.2, 0.25) is 5.78 Å². The van der Waals surface area contributed by atoms with Crippen LogP contribution in [0.2, 0.25) is 0 Å². The van der Waals surface area contributed by atoms with Crippen LogP contribution in [-0.4, -0.2) is 198 Å². The fraction of sp³-hybridized carbons (Fsp3) is 0.787. The first-order valence-electron chi connectivity index (χ1n) is 29.7.